The minimum Gasteiger partial charge on any atom is -0.324 e. The van der Waals surface area contributed by atoms with Crippen molar-refractivity contribution < 1.29 is 4.79 Å². The van der Waals surface area contributed by atoms with E-state index in [9.17, 15) is 4.79 Å². The van der Waals surface area contributed by atoms with Gasteiger partial charge in [-0.1, -0.05) is 30.3 Å². The Morgan fingerprint density at radius 3 is 2.70 bits per heavy atom. The molecule has 0 saturated heterocycles. The zero-order chi connectivity index (χ0) is 27.1. The predicted molar refractivity (Wildman–Crippen MR) is 162 cm³/mol. The third kappa shape index (κ3) is 4.59. The van der Waals surface area contributed by atoms with Crippen LogP contribution in [-0.4, -0.2) is 30.2 Å². The number of rotatable bonds is 6. The second-order valence-electron chi connectivity index (χ2n) is 9.07. The van der Waals surface area contributed by atoms with Crippen molar-refractivity contribution >= 4 is 61.1 Å². The van der Waals surface area contributed by atoms with Crippen molar-refractivity contribution in [2.24, 2.45) is 0 Å². The first-order chi connectivity index (χ1) is 19.6. The van der Waals surface area contributed by atoms with Gasteiger partial charge >= 0.3 is 0 Å². The molecular formula is C30H21N7OS2. The van der Waals surface area contributed by atoms with Crippen LogP contribution >= 0.6 is 22.7 Å². The third-order valence-electron chi connectivity index (χ3n) is 6.34. The first kappa shape index (κ1) is 24.1. The lowest BCUT2D eigenvalue weighted by molar-refractivity contribution is 0.102. The van der Waals surface area contributed by atoms with Crippen LogP contribution in [0.25, 0.3) is 37.8 Å². The quantitative estimate of drug-likeness (QED) is 0.220. The molecular weight excluding hydrogens is 539 g/mol. The molecule has 0 radical (unpaired) electrons. The number of aryl methyl sites for hydroxylation is 1. The summed E-state index contributed by atoms with van der Waals surface area (Å²) in [6.07, 6.45) is 3.73. The Balaban J connectivity index is 1.24. The summed E-state index contributed by atoms with van der Waals surface area (Å²) in [7, 11) is 0. The molecule has 10 heteroatoms. The standard InChI is InChI=1S/C30H21N7OS2/c1-18-32-24-17-22(10-11-25(24)40-18)34-29-31-13-12-23(35-29)27-26(36-30-37(27)14-15-39-30)20-8-5-9-21(16-20)33-28(38)19-6-3-2-4-7-19/h2-17H,1H3,(H,33,38)(H,31,34,35). The number of nitrogens with zero attached hydrogens (tertiary/aromatic N) is 5. The maximum atomic E-state index is 12.8. The maximum Gasteiger partial charge on any atom is 0.255 e. The van der Waals surface area contributed by atoms with Crippen LogP contribution in [0, 0.1) is 6.92 Å². The normalized spacial score (nSPS) is 11.2. The molecule has 4 heterocycles. The van der Waals surface area contributed by atoms with Crippen LogP contribution in [0.1, 0.15) is 15.4 Å². The lowest BCUT2D eigenvalue weighted by Gasteiger charge is -2.10. The van der Waals surface area contributed by atoms with Crippen LogP contribution in [0.15, 0.2) is 96.6 Å². The number of imidazole rings is 1. The number of fused-ring (bicyclic) bond motifs is 2. The smallest absolute Gasteiger partial charge is 0.255 e. The number of benzene rings is 3. The van der Waals surface area contributed by atoms with E-state index in [-0.39, 0.29) is 5.91 Å². The van der Waals surface area contributed by atoms with E-state index in [2.05, 4.69) is 26.7 Å². The summed E-state index contributed by atoms with van der Waals surface area (Å²) in [6, 6.07) is 24.8. The van der Waals surface area contributed by atoms with Crippen LogP contribution in [-0.2, 0) is 0 Å². The molecule has 8 nitrogen and oxygen atoms in total. The molecule has 0 atom stereocenters. The lowest BCUT2D eigenvalue weighted by Crippen LogP contribution is -2.11. The molecule has 7 aromatic rings. The van der Waals surface area contributed by atoms with E-state index in [0.717, 1.165) is 48.5 Å². The van der Waals surface area contributed by atoms with Crippen molar-refractivity contribution in [1.29, 1.82) is 0 Å². The van der Waals surface area contributed by atoms with Crippen molar-refractivity contribution in [3.63, 3.8) is 0 Å². The molecule has 0 fully saturated rings. The van der Waals surface area contributed by atoms with Gasteiger partial charge in [-0.25, -0.2) is 19.9 Å². The fourth-order valence-electron chi connectivity index (χ4n) is 4.57. The number of carbonyl (C=O) groups excluding carboxylic acids is 1. The Hall–Kier alpha value is -4.93. The van der Waals surface area contributed by atoms with Crippen molar-refractivity contribution in [3.05, 3.63) is 107 Å². The van der Waals surface area contributed by atoms with Gasteiger partial charge in [-0.15, -0.1) is 22.7 Å². The number of thiazole rings is 2. The first-order valence-electron chi connectivity index (χ1n) is 12.5. The van der Waals surface area contributed by atoms with Crippen molar-refractivity contribution in [2.45, 2.75) is 6.92 Å². The zero-order valence-corrected chi connectivity index (χ0v) is 22.8. The molecule has 7 rings (SSSR count). The van der Waals surface area contributed by atoms with E-state index in [0.29, 0.717) is 17.2 Å². The number of carbonyl (C=O) groups is 1. The highest BCUT2D eigenvalue weighted by atomic mass is 32.1. The van der Waals surface area contributed by atoms with Crippen LogP contribution in [0.5, 0.6) is 0 Å². The summed E-state index contributed by atoms with van der Waals surface area (Å²) in [4.78, 5) is 32.4. The van der Waals surface area contributed by atoms with Crippen LogP contribution in [0.3, 0.4) is 0 Å². The fraction of sp³-hybridized carbons (Fsp3) is 0.0333. The van der Waals surface area contributed by atoms with Gasteiger partial charge in [-0.2, -0.15) is 0 Å². The first-order valence-corrected chi connectivity index (χ1v) is 14.2. The highest BCUT2D eigenvalue weighted by Gasteiger charge is 2.19. The number of nitrogens with one attached hydrogen (secondary N) is 2. The molecule has 2 N–H and O–H groups in total. The Morgan fingerprint density at radius 1 is 0.900 bits per heavy atom. The average Bonchev–Trinajstić information content (AvgIpc) is 3.67. The minimum atomic E-state index is -0.165. The number of aromatic nitrogens is 5. The SMILES string of the molecule is Cc1nc2cc(Nc3nccc(-c4c(-c5cccc(NC(=O)c6ccccc6)c5)nc5sccn45)n3)ccc2s1. The second kappa shape index (κ2) is 9.99. The number of anilines is 3. The maximum absolute atomic E-state index is 12.8. The molecule has 0 saturated carbocycles. The summed E-state index contributed by atoms with van der Waals surface area (Å²) >= 11 is 3.22. The molecule has 1 amide bonds. The van der Waals surface area contributed by atoms with Crippen molar-refractivity contribution in [2.75, 3.05) is 10.6 Å². The van der Waals surface area contributed by atoms with Gasteiger partial charge in [0.25, 0.3) is 5.91 Å². The van der Waals surface area contributed by atoms with E-state index in [1.54, 1.807) is 41.0 Å². The van der Waals surface area contributed by atoms with E-state index >= 15 is 0 Å². The number of amides is 1. The van der Waals surface area contributed by atoms with Gasteiger partial charge in [-0.3, -0.25) is 9.20 Å². The predicted octanol–water partition coefficient (Wildman–Crippen LogP) is 7.43. The molecule has 0 aliphatic carbocycles. The highest BCUT2D eigenvalue weighted by molar-refractivity contribution is 7.18. The van der Waals surface area contributed by atoms with Gasteiger partial charge in [-0.05, 0) is 55.5 Å². The van der Waals surface area contributed by atoms with Gasteiger partial charge < -0.3 is 10.6 Å². The molecule has 4 aromatic heterocycles. The van der Waals surface area contributed by atoms with Crippen molar-refractivity contribution in [1.82, 2.24) is 24.3 Å². The van der Waals surface area contributed by atoms with Gasteiger partial charge in [0.05, 0.1) is 26.6 Å². The van der Waals surface area contributed by atoms with Crippen LogP contribution in [0.2, 0.25) is 0 Å². The number of hydrogen-bond donors (Lipinski definition) is 2. The fourth-order valence-corrected chi connectivity index (χ4v) is 6.09. The van der Waals surface area contributed by atoms with E-state index < -0.39 is 0 Å². The molecule has 3 aromatic carbocycles. The van der Waals surface area contributed by atoms with E-state index in [1.165, 1.54) is 0 Å². The molecule has 0 aliphatic rings. The van der Waals surface area contributed by atoms with Crippen LogP contribution in [0.4, 0.5) is 17.3 Å². The Labute approximate surface area is 237 Å². The zero-order valence-electron chi connectivity index (χ0n) is 21.2. The highest BCUT2D eigenvalue weighted by Crippen LogP contribution is 2.35. The van der Waals surface area contributed by atoms with Gasteiger partial charge in [0.2, 0.25) is 5.95 Å². The monoisotopic (exact) mass is 559 g/mol. The largest absolute Gasteiger partial charge is 0.324 e. The van der Waals surface area contributed by atoms with Crippen LogP contribution < -0.4 is 10.6 Å². The Bertz CT molecular complexity index is 2010. The molecule has 0 bridgehead atoms. The number of hydrogen-bond acceptors (Lipinski definition) is 8. The van der Waals surface area contributed by atoms with Crippen molar-refractivity contribution in [3.8, 4) is 22.6 Å². The summed E-state index contributed by atoms with van der Waals surface area (Å²) < 4.78 is 3.18. The molecule has 0 unspecified atom stereocenters. The second-order valence-corrected chi connectivity index (χ2v) is 11.2. The molecule has 194 valence electrons. The summed E-state index contributed by atoms with van der Waals surface area (Å²) in [5, 5.41) is 9.35. The topological polar surface area (TPSA) is 97.1 Å². The Morgan fingerprint density at radius 2 is 1.80 bits per heavy atom. The van der Waals surface area contributed by atoms with E-state index in [1.807, 2.05) is 83.6 Å². The third-order valence-corrected chi connectivity index (χ3v) is 8.05. The lowest BCUT2D eigenvalue weighted by atomic mass is 10.1. The summed E-state index contributed by atoms with van der Waals surface area (Å²) in [5.41, 5.74) is 6.31. The molecule has 0 aliphatic heterocycles. The molecule has 0 spiro atoms. The Kier molecular flexibility index (Phi) is 6.03. The minimum absolute atomic E-state index is 0.165. The van der Waals surface area contributed by atoms with Gasteiger partial charge in [0, 0.05) is 40.3 Å². The summed E-state index contributed by atoms with van der Waals surface area (Å²) in [5.74, 6) is 0.310. The van der Waals surface area contributed by atoms with Gasteiger partial charge in [0.15, 0.2) is 4.96 Å². The van der Waals surface area contributed by atoms with E-state index in [4.69, 9.17) is 9.97 Å². The molecule has 40 heavy (non-hydrogen) atoms. The average molecular weight is 560 g/mol. The van der Waals surface area contributed by atoms with Gasteiger partial charge in [0.1, 0.15) is 5.69 Å². The summed E-state index contributed by atoms with van der Waals surface area (Å²) in [6.45, 7) is 2.01.